The fourth-order valence-electron chi connectivity index (χ4n) is 4.81. The number of urea groups is 1. The number of hydrogen-bond donors (Lipinski definition) is 2. The molecule has 0 unspecified atom stereocenters. The van der Waals surface area contributed by atoms with Crippen LogP contribution in [-0.4, -0.2) is 29.8 Å². The maximum atomic E-state index is 12.4. The van der Waals surface area contributed by atoms with E-state index in [9.17, 15) is 4.79 Å². The lowest BCUT2D eigenvalue weighted by Gasteiger charge is -2.56. The lowest BCUT2D eigenvalue weighted by Crippen LogP contribution is -2.68. The SMILES string of the molecule is Cc1cccc(NC(=O)N[C@@H]2[C@@H]3CCO[C@@H]3C23CCCC3)n1. The monoisotopic (exact) mass is 301 g/mol. The minimum Gasteiger partial charge on any atom is -0.377 e. The molecule has 5 nitrogen and oxygen atoms in total. The smallest absolute Gasteiger partial charge is 0.320 e. The van der Waals surface area contributed by atoms with Crippen LogP contribution in [-0.2, 0) is 4.74 Å². The van der Waals surface area contributed by atoms with Crippen molar-refractivity contribution in [3.8, 4) is 0 Å². The van der Waals surface area contributed by atoms with Crippen molar-refractivity contribution in [2.45, 2.75) is 51.2 Å². The topological polar surface area (TPSA) is 63.2 Å². The number of carbonyl (C=O) groups is 1. The zero-order chi connectivity index (χ0) is 15.2. The number of hydrogen-bond acceptors (Lipinski definition) is 3. The molecule has 1 saturated heterocycles. The van der Waals surface area contributed by atoms with Gasteiger partial charge >= 0.3 is 6.03 Å². The Kier molecular flexibility index (Phi) is 3.33. The summed E-state index contributed by atoms with van der Waals surface area (Å²) in [6, 6.07) is 5.76. The molecule has 2 N–H and O–H groups in total. The van der Waals surface area contributed by atoms with Gasteiger partial charge in [0, 0.05) is 29.7 Å². The fraction of sp³-hybridized carbons (Fsp3) is 0.647. The number of fused-ring (bicyclic) bond motifs is 2. The molecule has 2 amide bonds. The van der Waals surface area contributed by atoms with Crippen molar-refractivity contribution >= 4 is 11.8 Å². The molecule has 2 heterocycles. The molecular weight excluding hydrogens is 278 g/mol. The maximum Gasteiger partial charge on any atom is 0.320 e. The summed E-state index contributed by atoms with van der Waals surface area (Å²) in [6.45, 7) is 2.76. The second kappa shape index (κ2) is 5.23. The van der Waals surface area contributed by atoms with Crippen LogP contribution in [0.25, 0.3) is 0 Å². The molecule has 3 aliphatic rings. The third-order valence-corrected chi connectivity index (χ3v) is 5.70. The first-order chi connectivity index (χ1) is 10.7. The second-order valence-corrected chi connectivity index (χ2v) is 6.92. The summed E-state index contributed by atoms with van der Waals surface area (Å²) in [6.07, 6.45) is 6.32. The summed E-state index contributed by atoms with van der Waals surface area (Å²) in [7, 11) is 0. The average Bonchev–Trinajstić information content (AvgIpc) is 3.13. The third-order valence-electron chi connectivity index (χ3n) is 5.70. The van der Waals surface area contributed by atoms with Crippen molar-refractivity contribution in [3.05, 3.63) is 23.9 Å². The van der Waals surface area contributed by atoms with Crippen LogP contribution >= 0.6 is 0 Å². The summed E-state index contributed by atoms with van der Waals surface area (Å²) in [5, 5.41) is 6.08. The summed E-state index contributed by atoms with van der Waals surface area (Å²) in [5.74, 6) is 1.10. The van der Waals surface area contributed by atoms with Gasteiger partial charge in [-0.1, -0.05) is 18.9 Å². The number of ether oxygens (including phenoxy) is 1. The van der Waals surface area contributed by atoms with Crippen molar-refractivity contribution in [2.75, 3.05) is 11.9 Å². The molecule has 2 saturated carbocycles. The van der Waals surface area contributed by atoms with Gasteiger partial charge < -0.3 is 10.1 Å². The van der Waals surface area contributed by atoms with Crippen molar-refractivity contribution < 1.29 is 9.53 Å². The number of nitrogens with zero attached hydrogens (tertiary/aromatic N) is 1. The number of rotatable bonds is 2. The Bertz CT molecular complexity index is 583. The van der Waals surface area contributed by atoms with E-state index in [0.717, 1.165) is 18.7 Å². The van der Waals surface area contributed by atoms with Gasteiger partial charge in [0.15, 0.2) is 0 Å². The molecule has 1 spiro atoms. The van der Waals surface area contributed by atoms with Crippen LogP contribution in [0.1, 0.15) is 37.8 Å². The molecule has 22 heavy (non-hydrogen) atoms. The Morgan fingerprint density at radius 2 is 2.18 bits per heavy atom. The van der Waals surface area contributed by atoms with Gasteiger partial charge in [-0.3, -0.25) is 5.32 Å². The highest BCUT2D eigenvalue weighted by molar-refractivity contribution is 5.88. The molecule has 5 heteroatoms. The van der Waals surface area contributed by atoms with E-state index in [0.29, 0.717) is 17.8 Å². The van der Waals surface area contributed by atoms with E-state index < -0.39 is 0 Å². The molecule has 2 aliphatic carbocycles. The molecule has 4 rings (SSSR count). The number of nitrogens with one attached hydrogen (secondary N) is 2. The largest absolute Gasteiger partial charge is 0.377 e. The summed E-state index contributed by atoms with van der Waals surface area (Å²) in [5.41, 5.74) is 1.09. The highest BCUT2D eigenvalue weighted by atomic mass is 16.5. The number of anilines is 1. The lowest BCUT2D eigenvalue weighted by molar-refractivity contribution is -0.125. The van der Waals surface area contributed by atoms with Gasteiger partial charge in [0.25, 0.3) is 0 Å². The van der Waals surface area contributed by atoms with E-state index in [1.54, 1.807) is 0 Å². The van der Waals surface area contributed by atoms with Gasteiger partial charge in [-0.15, -0.1) is 0 Å². The normalized spacial score (nSPS) is 31.6. The molecule has 1 aromatic rings. The number of amides is 2. The van der Waals surface area contributed by atoms with E-state index >= 15 is 0 Å². The van der Waals surface area contributed by atoms with E-state index in [2.05, 4.69) is 15.6 Å². The molecule has 1 aromatic heterocycles. The minimum absolute atomic E-state index is 0.139. The molecule has 3 fully saturated rings. The maximum absolute atomic E-state index is 12.4. The number of pyridine rings is 1. The molecular formula is C17H23N3O2. The van der Waals surface area contributed by atoms with Crippen molar-refractivity contribution in [2.24, 2.45) is 11.3 Å². The summed E-state index contributed by atoms with van der Waals surface area (Å²) < 4.78 is 5.95. The quantitative estimate of drug-likeness (QED) is 0.883. The van der Waals surface area contributed by atoms with Crippen LogP contribution in [0.5, 0.6) is 0 Å². The van der Waals surface area contributed by atoms with E-state index in [-0.39, 0.29) is 17.5 Å². The first kappa shape index (κ1) is 14.0. The van der Waals surface area contributed by atoms with Gasteiger partial charge in [-0.25, -0.2) is 9.78 Å². The molecule has 118 valence electrons. The van der Waals surface area contributed by atoms with Crippen LogP contribution in [0.3, 0.4) is 0 Å². The molecule has 0 aromatic carbocycles. The standard InChI is InChI=1S/C17H23N3O2/c1-11-5-4-6-13(18-11)19-16(21)20-14-12-7-10-22-15(12)17(14)8-2-3-9-17/h4-6,12,14-15H,2-3,7-10H2,1H3,(H2,18,19,20,21)/t12-,14+,15-/m0/s1. The number of aryl methyl sites for hydroxylation is 1. The summed E-state index contributed by atoms with van der Waals surface area (Å²) in [4.78, 5) is 16.7. The summed E-state index contributed by atoms with van der Waals surface area (Å²) >= 11 is 0. The molecule has 3 atom stereocenters. The zero-order valence-corrected chi connectivity index (χ0v) is 13.0. The van der Waals surface area contributed by atoms with Crippen LogP contribution in [0.4, 0.5) is 10.6 Å². The van der Waals surface area contributed by atoms with Gasteiger partial charge in [-0.05, 0) is 38.3 Å². The first-order valence-corrected chi connectivity index (χ1v) is 8.32. The Labute approximate surface area is 130 Å². The molecule has 0 bridgehead atoms. The van der Waals surface area contributed by atoms with Gasteiger partial charge in [0.1, 0.15) is 5.82 Å². The molecule has 1 aliphatic heterocycles. The minimum atomic E-state index is -0.139. The average molecular weight is 301 g/mol. The second-order valence-electron chi connectivity index (χ2n) is 6.92. The van der Waals surface area contributed by atoms with Crippen LogP contribution in [0.15, 0.2) is 18.2 Å². The Morgan fingerprint density at radius 1 is 1.36 bits per heavy atom. The lowest BCUT2D eigenvalue weighted by atomic mass is 9.54. The predicted octanol–water partition coefficient (Wildman–Crippen LogP) is 2.86. The highest BCUT2D eigenvalue weighted by Crippen LogP contribution is 2.60. The Morgan fingerprint density at radius 3 is 2.95 bits per heavy atom. The number of aromatic nitrogens is 1. The molecule has 0 radical (unpaired) electrons. The van der Waals surface area contributed by atoms with Crippen molar-refractivity contribution in [1.29, 1.82) is 0 Å². The Balaban J connectivity index is 1.45. The van der Waals surface area contributed by atoms with Gasteiger partial charge in [0.05, 0.1) is 6.10 Å². The zero-order valence-electron chi connectivity index (χ0n) is 13.0. The van der Waals surface area contributed by atoms with Crippen LogP contribution in [0.2, 0.25) is 0 Å². The van der Waals surface area contributed by atoms with E-state index in [1.807, 2.05) is 25.1 Å². The van der Waals surface area contributed by atoms with Crippen molar-refractivity contribution in [1.82, 2.24) is 10.3 Å². The van der Waals surface area contributed by atoms with Crippen molar-refractivity contribution in [3.63, 3.8) is 0 Å². The van der Waals surface area contributed by atoms with E-state index in [1.165, 1.54) is 25.7 Å². The highest BCUT2D eigenvalue weighted by Gasteiger charge is 2.65. The van der Waals surface area contributed by atoms with Gasteiger partial charge in [-0.2, -0.15) is 0 Å². The van der Waals surface area contributed by atoms with E-state index in [4.69, 9.17) is 4.74 Å². The van der Waals surface area contributed by atoms with Crippen LogP contribution < -0.4 is 10.6 Å². The fourth-order valence-corrected chi connectivity index (χ4v) is 4.81. The van der Waals surface area contributed by atoms with Gasteiger partial charge in [0.2, 0.25) is 0 Å². The predicted molar refractivity (Wildman–Crippen MR) is 83.7 cm³/mol. The number of carbonyl (C=O) groups excluding carboxylic acids is 1. The Hall–Kier alpha value is -1.62. The first-order valence-electron chi connectivity index (χ1n) is 8.32. The van der Waals surface area contributed by atoms with Crippen LogP contribution in [0, 0.1) is 18.3 Å². The third kappa shape index (κ3) is 2.10.